The molecule has 1 N–H and O–H groups in total. The smallest absolute Gasteiger partial charge is 0.122 e. The first-order valence-electron chi connectivity index (χ1n) is 6.43. The van der Waals surface area contributed by atoms with E-state index in [9.17, 15) is 0 Å². The third-order valence-corrected chi connectivity index (χ3v) is 4.33. The summed E-state index contributed by atoms with van der Waals surface area (Å²) in [6.07, 6.45) is 0. The van der Waals surface area contributed by atoms with Gasteiger partial charge in [-0.3, -0.25) is 0 Å². The molecule has 20 heavy (non-hydrogen) atoms. The SMILES string of the molecule is COc1ccc(Br)c(C)c1C.Cc1cccc(O)c1C. The second kappa shape index (κ2) is 7.34. The number of ether oxygens (including phenoxy) is 1. The molecule has 108 valence electrons. The van der Waals surface area contributed by atoms with Crippen LogP contribution >= 0.6 is 15.9 Å². The summed E-state index contributed by atoms with van der Waals surface area (Å²) >= 11 is 3.45. The van der Waals surface area contributed by atoms with Crippen LogP contribution in [0, 0.1) is 27.7 Å². The molecule has 0 aliphatic rings. The van der Waals surface area contributed by atoms with Crippen LogP contribution < -0.4 is 4.74 Å². The lowest BCUT2D eigenvalue weighted by atomic mass is 10.1. The van der Waals surface area contributed by atoms with Crippen LogP contribution in [-0.2, 0) is 0 Å². The molecular weight excluding hydrogens is 316 g/mol. The summed E-state index contributed by atoms with van der Waals surface area (Å²) in [5, 5.41) is 9.10. The lowest BCUT2D eigenvalue weighted by molar-refractivity contribution is 0.411. The summed E-state index contributed by atoms with van der Waals surface area (Å²) in [6, 6.07) is 9.49. The molecule has 2 rings (SSSR count). The predicted molar refractivity (Wildman–Crippen MR) is 87.7 cm³/mol. The van der Waals surface area contributed by atoms with E-state index in [-0.39, 0.29) is 0 Å². The van der Waals surface area contributed by atoms with Crippen LogP contribution in [0.2, 0.25) is 0 Å². The minimum atomic E-state index is 0.384. The number of phenols is 1. The van der Waals surface area contributed by atoms with Gasteiger partial charge in [0.15, 0.2) is 0 Å². The van der Waals surface area contributed by atoms with Gasteiger partial charge in [-0.05, 0) is 68.1 Å². The predicted octanol–water partition coefficient (Wildman–Crippen LogP) is 5.08. The summed E-state index contributed by atoms with van der Waals surface area (Å²) in [4.78, 5) is 0. The molecule has 0 atom stereocenters. The van der Waals surface area contributed by atoms with E-state index < -0.39 is 0 Å². The fourth-order valence-corrected chi connectivity index (χ4v) is 2.15. The van der Waals surface area contributed by atoms with Crippen LogP contribution in [0.25, 0.3) is 0 Å². The number of aryl methyl sites for hydroxylation is 1. The second-order valence-electron chi connectivity index (χ2n) is 4.72. The van der Waals surface area contributed by atoms with E-state index in [0.29, 0.717) is 5.75 Å². The molecule has 2 aromatic rings. The van der Waals surface area contributed by atoms with Crippen molar-refractivity contribution in [1.29, 1.82) is 0 Å². The van der Waals surface area contributed by atoms with Crippen molar-refractivity contribution in [3.05, 3.63) is 57.1 Å². The number of benzene rings is 2. The molecule has 2 nitrogen and oxygen atoms in total. The van der Waals surface area contributed by atoms with E-state index in [4.69, 9.17) is 9.84 Å². The zero-order chi connectivity index (χ0) is 15.3. The third-order valence-electron chi connectivity index (χ3n) is 3.47. The lowest BCUT2D eigenvalue weighted by Crippen LogP contribution is -1.89. The minimum Gasteiger partial charge on any atom is -0.508 e. The van der Waals surface area contributed by atoms with Gasteiger partial charge in [0, 0.05) is 4.47 Å². The molecule has 0 saturated carbocycles. The minimum absolute atomic E-state index is 0.384. The topological polar surface area (TPSA) is 29.5 Å². The number of phenolic OH excluding ortho intramolecular Hbond substituents is 1. The Labute approximate surface area is 129 Å². The Morgan fingerprint density at radius 1 is 0.900 bits per heavy atom. The van der Waals surface area contributed by atoms with Gasteiger partial charge in [0.25, 0.3) is 0 Å². The Bertz CT molecular complexity index is 572. The maximum absolute atomic E-state index is 9.10. The van der Waals surface area contributed by atoms with E-state index >= 15 is 0 Å². The molecular formula is C17H21BrO2. The Kier molecular flexibility index (Phi) is 6.08. The fourth-order valence-electron chi connectivity index (χ4n) is 1.72. The van der Waals surface area contributed by atoms with Gasteiger partial charge in [-0.1, -0.05) is 28.1 Å². The Morgan fingerprint density at radius 3 is 2.05 bits per heavy atom. The van der Waals surface area contributed by atoms with Crippen molar-refractivity contribution in [3.8, 4) is 11.5 Å². The second-order valence-corrected chi connectivity index (χ2v) is 5.57. The molecule has 0 bridgehead atoms. The number of halogens is 1. The first-order chi connectivity index (χ1) is 9.38. The normalized spacial score (nSPS) is 9.70. The molecule has 2 aromatic carbocycles. The van der Waals surface area contributed by atoms with Crippen LogP contribution in [0.4, 0.5) is 0 Å². The molecule has 0 fully saturated rings. The Morgan fingerprint density at radius 2 is 1.55 bits per heavy atom. The monoisotopic (exact) mass is 336 g/mol. The summed E-state index contributed by atoms with van der Waals surface area (Å²) in [6.45, 7) is 8.01. The van der Waals surface area contributed by atoms with E-state index in [1.807, 2.05) is 38.1 Å². The van der Waals surface area contributed by atoms with Crippen molar-refractivity contribution in [1.82, 2.24) is 0 Å². The molecule has 3 heteroatoms. The van der Waals surface area contributed by atoms with Crippen molar-refractivity contribution in [2.45, 2.75) is 27.7 Å². The van der Waals surface area contributed by atoms with E-state index in [1.54, 1.807) is 13.2 Å². The highest BCUT2D eigenvalue weighted by Gasteiger charge is 2.03. The summed E-state index contributed by atoms with van der Waals surface area (Å²) in [5.74, 6) is 1.33. The van der Waals surface area contributed by atoms with Gasteiger partial charge in [-0.15, -0.1) is 0 Å². The fraction of sp³-hybridized carbons (Fsp3) is 0.294. The third kappa shape index (κ3) is 4.01. The van der Waals surface area contributed by atoms with Crippen LogP contribution in [0.3, 0.4) is 0 Å². The summed E-state index contributed by atoms with van der Waals surface area (Å²) in [5.41, 5.74) is 4.54. The first-order valence-corrected chi connectivity index (χ1v) is 7.22. The van der Waals surface area contributed by atoms with Crippen molar-refractivity contribution in [2.75, 3.05) is 7.11 Å². The molecule has 0 aromatic heterocycles. The van der Waals surface area contributed by atoms with Crippen LogP contribution in [-0.4, -0.2) is 12.2 Å². The van der Waals surface area contributed by atoms with Gasteiger partial charge < -0.3 is 9.84 Å². The molecule has 0 saturated heterocycles. The zero-order valence-corrected chi connectivity index (χ0v) is 14.2. The van der Waals surface area contributed by atoms with Crippen LogP contribution in [0.5, 0.6) is 11.5 Å². The summed E-state index contributed by atoms with van der Waals surface area (Å²) < 4.78 is 6.29. The highest BCUT2D eigenvalue weighted by molar-refractivity contribution is 9.10. The summed E-state index contributed by atoms with van der Waals surface area (Å²) in [7, 11) is 1.69. The van der Waals surface area contributed by atoms with Crippen LogP contribution in [0.1, 0.15) is 22.3 Å². The van der Waals surface area contributed by atoms with E-state index in [1.165, 1.54) is 11.1 Å². The molecule has 0 unspecified atom stereocenters. The molecule has 0 radical (unpaired) electrons. The van der Waals surface area contributed by atoms with Crippen molar-refractivity contribution >= 4 is 15.9 Å². The first kappa shape index (κ1) is 16.6. The van der Waals surface area contributed by atoms with Gasteiger partial charge in [0.2, 0.25) is 0 Å². The number of aromatic hydroxyl groups is 1. The maximum atomic E-state index is 9.10. The highest BCUT2D eigenvalue weighted by atomic mass is 79.9. The number of hydrogen-bond acceptors (Lipinski definition) is 2. The molecule has 0 aliphatic carbocycles. The number of rotatable bonds is 1. The Balaban J connectivity index is 0.000000204. The highest BCUT2D eigenvalue weighted by Crippen LogP contribution is 2.26. The maximum Gasteiger partial charge on any atom is 0.122 e. The van der Waals surface area contributed by atoms with E-state index in [0.717, 1.165) is 21.3 Å². The Hall–Kier alpha value is -1.48. The van der Waals surface area contributed by atoms with Crippen LogP contribution in [0.15, 0.2) is 34.8 Å². The molecule has 0 heterocycles. The molecule has 0 amide bonds. The van der Waals surface area contributed by atoms with Crippen molar-refractivity contribution in [2.24, 2.45) is 0 Å². The number of hydrogen-bond donors (Lipinski definition) is 1. The zero-order valence-electron chi connectivity index (χ0n) is 12.6. The largest absolute Gasteiger partial charge is 0.508 e. The van der Waals surface area contributed by atoms with Gasteiger partial charge >= 0.3 is 0 Å². The quantitative estimate of drug-likeness (QED) is 0.786. The van der Waals surface area contributed by atoms with Crippen molar-refractivity contribution in [3.63, 3.8) is 0 Å². The van der Waals surface area contributed by atoms with Crippen molar-refractivity contribution < 1.29 is 9.84 Å². The lowest BCUT2D eigenvalue weighted by Gasteiger charge is -2.07. The standard InChI is InChI=1S/C9H11BrO.C8H10O/c1-6-7(2)9(11-3)5-4-8(6)10;1-6-4-3-5-8(9)7(6)2/h4-5H,1-3H3;3-5,9H,1-2H3. The van der Waals surface area contributed by atoms with Gasteiger partial charge in [0.1, 0.15) is 11.5 Å². The van der Waals surface area contributed by atoms with E-state index in [2.05, 4.69) is 29.8 Å². The van der Waals surface area contributed by atoms with Gasteiger partial charge in [0.05, 0.1) is 7.11 Å². The average molecular weight is 337 g/mol. The number of methoxy groups -OCH3 is 1. The van der Waals surface area contributed by atoms with Gasteiger partial charge in [-0.25, -0.2) is 0 Å². The average Bonchev–Trinajstić information content (AvgIpc) is 2.43. The molecule has 0 spiro atoms. The van der Waals surface area contributed by atoms with Gasteiger partial charge in [-0.2, -0.15) is 0 Å². The molecule has 0 aliphatic heterocycles.